The summed E-state index contributed by atoms with van der Waals surface area (Å²) in [6.45, 7) is 14.1. The number of hydrogen-bond acceptors (Lipinski definition) is 2. The van der Waals surface area contributed by atoms with Crippen LogP contribution in [0.4, 0.5) is 0 Å². The van der Waals surface area contributed by atoms with Crippen LogP contribution in [0.1, 0.15) is 76.6 Å². The molecule has 154 valence electrons. The van der Waals surface area contributed by atoms with Crippen molar-refractivity contribution in [3.63, 3.8) is 0 Å². The highest BCUT2D eigenvalue weighted by Crippen LogP contribution is 2.46. The normalized spacial score (nSPS) is 15.8. The molecule has 2 unspecified atom stereocenters. The average Bonchev–Trinajstić information content (AvgIpc) is 2.70. The van der Waals surface area contributed by atoms with Gasteiger partial charge in [0.15, 0.2) is 0 Å². The van der Waals surface area contributed by atoms with Crippen molar-refractivity contribution < 1.29 is 9.47 Å². The molecule has 2 aromatic rings. The van der Waals surface area contributed by atoms with E-state index in [1.165, 1.54) is 11.1 Å². The lowest BCUT2D eigenvalue weighted by atomic mass is 9.74. The van der Waals surface area contributed by atoms with Gasteiger partial charge in [0.25, 0.3) is 0 Å². The molecule has 2 heteroatoms. The van der Waals surface area contributed by atoms with E-state index in [-0.39, 0.29) is 0 Å². The molecule has 0 aliphatic carbocycles. The van der Waals surface area contributed by atoms with Crippen LogP contribution in [0.5, 0.6) is 0 Å². The summed E-state index contributed by atoms with van der Waals surface area (Å²) in [7, 11) is 0. The van der Waals surface area contributed by atoms with E-state index in [2.05, 4.69) is 90.1 Å². The summed E-state index contributed by atoms with van der Waals surface area (Å²) in [6.07, 6.45) is 4.52. The summed E-state index contributed by atoms with van der Waals surface area (Å²) < 4.78 is 12.9. The van der Waals surface area contributed by atoms with E-state index >= 15 is 0 Å². The van der Waals surface area contributed by atoms with Crippen molar-refractivity contribution in [3.05, 3.63) is 70.8 Å². The minimum atomic E-state index is -0.589. The van der Waals surface area contributed by atoms with Crippen LogP contribution in [-0.2, 0) is 33.5 Å². The molecule has 0 amide bonds. The number of hydrogen-bond donors (Lipinski definition) is 0. The first-order valence-electron chi connectivity index (χ1n) is 10.9. The molecule has 0 aromatic heterocycles. The van der Waals surface area contributed by atoms with Gasteiger partial charge in [0.2, 0.25) is 0 Å². The van der Waals surface area contributed by atoms with Gasteiger partial charge < -0.3 is 9.47 Å². The first-order chi connectivity index (χ1) is 13.4. The molecular formula is C26H38O2. The highest BCUT2D eigenvalue weighted by Gasteiger charge is 2.49. The molecule has 28 heavy (non-hydrogen) atoms. The summed E-state index contributed by atoms with van der Waals surface area (Å²) in [5, 5.41) is 0. The Labute approximate surface area is 172 Å². The Kier molecular flexibility index (Phi) is 8.27. The number of rotatable bonds is 11. The summed E-state index contributed by atoms with van der Waals surface area (Å²) in [5.74, 6) is 0. The van der Waals surface area contributed by atoms with E-state index in [0.717, 1.165) is 36.8 Å². The Morgan fingerprint density at radius 3 is 1.14 bits per heavy atom. The topological polar surface area (TPSA) is 18.5 Å². The smallest absolute Gasteiger partial charge is 0.123 e. The Balaban J connectivity index is 2.52. The third-order valence-electron chi connectivity index (χ3n) is 5.86. The van der Waals surface area contributed by atoms with Crippen molar-refractivity contribution >= 4 is 0 Å². The Hall–Kier alpha value is -1.64. The van der Waals surface area contributed by atoms with Crippen molar-refractivity contribution in [2.45, 2.75) is 78.4 Å². The van der Waals surface area contributed by atoms with Crippen LogP contribution in [-0.4, -0.2) is 13.2 Å². The van der Waals surface area contributed by atoms with Crippen molar-refractivity contribution in [2.24, 2.45) is 0 Å². The predicted molar refractivity (Wildman–Crippen MR) is 119 cm³/mol. The van der Waals surface area contributed by atoms with Crippen molar-refractivity contribution in [1.82, 2.24) is 0 Å². The average molecular weight is 383 g/mol. The van der Waals surface area contributed by atoms with Gasteiger partial charge in [0.05, 0.1) is 0 Å². The minimum absolute atomic E-state index is 0.589. The molecule has 0 N–H and O–H groups in total. The lowest BCUT2D eigenvalue weighted by Gasteiger charge is -2.46. The monoisotopic (exact) mass is 382 g/mol. The van der Waals surface area contributed by atoms with Gasteiger partial charge in [-0.25, -0.2) is 0 Å². The maximum atomic E-state index is 6.44. The van der Waals surface area contributed by atoms with E-state index in [0.29, 0.717) is 13.2 Å². The molecule has 0 saturated carbocycles. The molecule has 2 atom stereocenters. The molecule has 0 fully saturated rings. The van der Waals surface area contributed by atoms with Crippen LogP contribution in [0.3, 0.4) is 0 Å². The molecule has 0 bridgehead atoms. The van der Waals surface area contributed by atoms with Gasteiger partial charge in [0.1, 0.15) is 11.2 Å². The molecule has 0 saturated heterocycles. The molecule has 0 spiro atoms. The van der Waals surface area contributed by atoms with E-state index < -0.39 is 11.2 Å². The minimum Gasteiger partial charge on any atom is -0.367 e. The standard InChI is InChI=1S/C26H38O2/c1-7-11-21-13-17-23(18-14-21)25(5,27-9-3)26(6,28-10-4)24-19-15-22(12-8-2)16-20-24/h13-20H,7-12H2,1-6H3. The quantitative estimate of drug-likeness (QED) is 0.426. The fourth-order valence-electron chi connectivity index (χ4n) is 4.13. The molecule has 0 heterocycles. The predicted octanol–water partition coefficient (Wildman–Crippen LogP) is 6.80. The van der Waals surface area contributed by atoms with E-state index in [4.69, 9.17) is 9.47 Å². The Morgan fingerprint density at radius 2 is 0.893 bits per heavy atom. The summed E-state index contributed by atoms with van der Waals surface area (Å²) in [5.41, 5.74) is 3.87. The van der Waals surface area contributed by atoms with Crippen LogP contribution in [0, 0.1) is 0 Å². The molecule has 2 nitrogen and oxygen atoms in total. The second kappa shape index (κ2) is 10.2. The third kappa shape index (κ3) is 4.67. The van der Waals surface area contributed by atoms with Crippen LogP contribution >= 0.6 is 0 Å². The summed E-state index contributed by atoms with van der Waals surface area (Å²) in [4.78, 5) is 0. The van der Waals surface area contributed by atoms with Gasteiger partial charge in [-0.05, 0) is 62.8 Å². The van der Waals surface area contributed by atoms with Gasteiger partial charge in [0, 0.05) is 13.2 Å². The van der Waals surface area contributed by atoms with Crippen molar-refractivity contribution in [1.29, 1.82) is 0 Å². The van der Waals surface area contributed by atoms with E-state index in [9.17, 15) is 0 Å². The van der Waals surface area contributed by atoms with Crippen LogP contribution in [0.25, 0.3) is 0 Å². The Bertz CT molecular complexity index is 641. The highest BCUT2D eigenvalue weighted by molar-refractivity contribution is 5.36. The zero-order valence-corrected chi connectivity index (χ0v) is 18.7. The SMILES string of the molecule is CCCc1ccc(C(C)(OCC)C(C)(OCC)c2ccc(CCC)cc2)cc1. The molecule has 2 rings (SSSR count). The molecule has 0 aliphatic rings. The van der Waals surface area contributed by atoms with Gasteiger partial charge in [-0.2, -0.15) is 0 Å². The lowest BCUT2D eigenvalue weighted by Crippen LogP contribution is -2.49. The number of benzene rings is 2. The maximum Gasteiger partial charge on any atom is 0.123 e. The zero-order valence-electron chi connectivity index (χ0n) is 18.7. The first kappa shape index (κ1) is 22.6. The third-order valence-corrected chi connectivity index (χ3v) is 5.86. The highest BCUT2D eigenvalue weighted by atomic mass is 16.6. The van der Waals surface area contributed by atoms with Gasteiger partial charge in [-0.15, -0.1) is 0 Å². The molecule has 0 radical (unpaired) electrons. The zero-order chi connectivity index (χ0) is 20.6. The second-order valence-electron chi connectivity index (χ2n) is 7.83. The molecule has 0 aliphatic heterocycles. The summed E-state index contributed by atoms with van der Waals surface area (Å²) >= 11 is 0. The van der Waals surface area contributed by atoms with E-state index in [1.807, 2.05) is 0 Å². The van der Waals surface area contributed by atoms with Crippen molar-refractivity contribution in [3.8, 4) is 0 Å². The number of aryl methyl sites for hydroxylation is 2. The molecular weight excluding hydrogens is 344 g/mol. The van der Waals surface area contributed by atoms with Gasteiger partial charge >= 0.3 is 0 Å². The number of ether oxygens (including phenoxy) is 2. The van der Waals surface area contributed by atoms with Crippen LogP contribution < -0.4 is 0 Å². The largest absolute Gasteiger partial charge is 0.367 e. The van der Waals surface area contributed by atoms with Crippen LogP contribution in [0.2, 0.25) is 0 Å². The summed E-state index contributed by atoms with van der Waals surface area (Å²) in [6, 6.07) is 17.8. The lowest BCUT2D eigenvalue weighted by molar-refractivity contribution is -0.203. The maximum absolute atomic E-state index is 6.44. The Morgan fingerprint density at radius 1 is 0.571 bits per heavy atom. The van der Waals surface area contributed by atoms with Crippen molar-refractivity contribution in [2.75, 3.05) is 13.2 Å². The second-order valence-corrected chi connectivity index (χ2v) is 7.83. The fourth-order valence-corrected chi connectivity index (χ4v) is 4.13. The van der Waals surface area contributed by atoms with E-state index in [1.54, 1.807) is 0 Å². The fraction of sp³-hybridized carbons (Fsp3) is 0.538. The molecule has 2 aromatic carbocycles. The first-order valence-corrected chi connectivity index (χ1v) is 10.9. The van der Waals surface area contributed by atoms with Crippen LogP contribution in [0.15, 0.2) is 48.5 Å². The van der Waals surface area contributed by atoms with Gasteiger partial charge in [-0.3, -0.25) is 0 Å². The van der Waals surface area contributed by atoms with Gasteiger partial charge in [-0.1, -0.05) is 75.2 Å².